The summed E-state index contributed by atoms with van der Waals surface area (Å²) in [4.78, 5) is 11.6. The van der Waals surface area contributed by atoms with Gasteiger partial charge in [0.25, 0.3) is 0 Å². The Hall–Kier alpha value is -1.91. The van der Waals surface area contributed by atoms with Crippen LogP contribution in [0.2, 0.25) is 0 Å². The molecule has 0 radical (unpaired) electrons. The largest absolute Gasteiger partial charge is 0.460 e. The molecule has 0 heterocycles. The number of carbonyl (C=O) groups is 1. The first-order valence-electron chi connectivity index (χ1n) is 6.77. The second-order valence-electron chi connectivity index (χ2n) is 5.82. The fraction of sp³-hybridized carbons (Fsp3) is 0.467. The van der Waals surface area contributed by atoms with Crippen LogP contribution in [-0.4, -0.2) is 26.5 Å². The monoisotopic (exact) mass is 324 g/mol. The number of carbonyl (C=O) groups excluding carboxylic acids is 1. The summed E-state index contributed by atoms with van der Waals surface area (Å²) in [7, 11) is -3.71. The van der Waals surface area contributed by atoms with E-state index in [1.165, 1.54) is 18.2 Å². The Labute approximate surface area is 131 Å². The first-order chi connectivity index (χ1) is 10.0. The van der Waals surface area contributed by atoms with E-state index in [9.17, 15) is 13.2 Å². The van der Waals surface area contributed by atoms with Gasteiger partial charge in [-0.2, -0.15) is 5.26 Å². The topological polar surface area (TPSA) is 96.3 Å². The Kier molecular flexibility index (Phi) is 5.69. The molecule has 1 rings (SSSR count). The third kappa shape index (κ3) is 5.47. The van der Waals surface area contributed by atoms with Crippen LogP contribution in [0.4, 0.5) is 0 Å². The molecular formula is C15H20N2O4S. The van der Waals surface area contributed by atoms with Gasteiger partial charge in [-0.3, -0.25) is 4.79 Å². The average Bonchev–Trinajstić information content (AvgIpc) is 2.36. The lowest BCUT2D eigenvalue weighted by molar-refractivity contribution is -0.154. The van der Waals surface area contributed by atoms with Crippen molar-refractivity contribution < 1.29 is 17.9 Å². The predicted octanol–water partition coefficient (Wildman–Crippen LogP) is 1.88. The quantitative estimate of drug-likeness (QED) is 0.834. The lowest BCUT2D eigenvalue weighted by atomic mass is 10.1. The van der Waals surface area contributed by atoms with Gasteiger partial charge in [0.05, 0.1) is 22.9 Å². The average molecular weight is 324 g/mol. The Bertz CT molecular complexity index is 697. The fourth-order valence-corrected chi connectivity index (χ4v) is 2.81. The fourth-order valence-electron chi connectivity index (χ4n) is 1.69. The van der Waals surface area contributed by atoms with Crippen LogP contribution in [0.1, 0.15) is 38.3 Å². The molecule has 0 bridgehead atoms. The summed E-state index contributed by atoms with van der Waals surface area (Å²) >= 11 is 0. The molecule has 0 unspecified atom stereocenters. The van der Waals surface area contributed by atoms with Crippen molar-refractivity contribution in [3.05, 3.63) is 29.3 Å². The molecule has 0 atom stereocenters. The summed E-state index contributed by atoms with van der Waals surface area (Å²) in [6.45, 7) is 6.85. The van der Waals surface area contributed by atoms with E-state index in [0.717, 1.165) is 0 Å². The van der Waals surface area contributed by atoms with Crippen molar-refractivity contribution in [1.29, 1.82) is 5.26 Å². The number of esters is 1. The summed E-state index contributed by atoms with van der Waals surface area (Å²) in [6, 6.07) is 6.22. The number of benzene rings is 1. The van der Waals surface area contributed by atoms with Gasteiger partial charge in [-0.1, -0.05) is 0 Å². The Morgan fingerprint density at radius 3 is 2.50 bits per heavy atom. The van der Waals surface area contributed by atoms with Gasteiger partial charge in [-0.15, -0.1) is 0 Å². The number of sulfonamides is 1. The highest BCUT2D eigenvalue weighted by Gasteiger charge is 2.18. The van der Waals surface area contributed by atoms with Gasteiger partial charge in [0.2, 0.25) is 10.0 Å². The Morgan fingerprint density at radius 1 is 1.36 bits per heavy atom. The summed E-state index contributed by atoms with van der Waals surface area (Å²) in [5.74, 6) is -0.466. The molecule has 0 aliphatic rings. The van der Waals surface area contributed by atoms with Crippen LogP contribution >= 0.6 is 0 Å². The van der Waals surface area contributed by atoms with Crippen LogP contribution < -0.4 is 4.72 Å². The molecule has 120 valence electrons. The maximum Gasteiger partial charge on any atom is 0.307 e. The molecule has 6 nitrogen and oxygen atoms in total. The van der Waals surface area contributed by atoms with Gasteiger partial charge >= 0.3 is 5.97 Å². The second-order valence-corrected chi connectivity index (χ2v) is 7.59. The summed E-state index contributed by atoms with van der Waals surface area (Å²) in [5.41, 5.74) is 0.408. The third-order valence-corrected chi connectivity index (χ3v) is 4.13. The molecule has 0 spiro atoms. The molecule has 0 amide bonds. The van der Waals surface area contributed by atoms with Crippen molar-refractivity contribution in [3.8, 4) is 6.07 Å². The van der Waals surface area contributed by atoms with Gasteiger partial charge in [-0.25, -0.2) is 13.1 Å². The lowest BCUT2D eigenvalue weighted by Gasteiger charge is -2.19. The molecule has 7 heteroatoms. The van der Waals surface area contributed by atoms with Gasteiger partial charge in [0, 0.05) is 6.54 Å². The third-order valence-electron chi connectivity index (χ3n) is 2.67. The number of hydrogen-bond donors (Lipinski definition) is 1. The van der Waals surface area contributed by atoms with Crippen LogP contribution in [-0.2, 0) is 19.6 Å². The van der Waals surface area contributed by atoms with Crippen molar-refractivity contribution in [2.45, 2.75) is 44.6 Å². The van der Waals surface area contributed by atoms with Gasteiger partial charge in [-0.05, 0) is 51.5 Å². The minimum Gasteiger partial charge on any atom is -0.460 e. The van der Waals surface area contributed by atoms with E-state index < -0.39 is 21.6 Å². The molecule has 0 fully saturated rings. The van der Waals surface area contributed by atoms with E-state index in [-0.39, 0.29) is 17.9 Å². The molecule has 1 N–H and O–H groups in total. The predicted molar refractivity (Wildman–Crippen MR) is 81.5 cm³/mol. The molecule has 0 saturated heterocycles. The number of nitrogens with zero attached hydrogens (tertiary/aromatic N) is 1. The van der Waals surface area contributed by atoms with Crippen molar-refractivity contribution in [1.82, 2.24) is 4.72 Å². The molecule has 22 heavy (non-hydrogen) atoms. The molecular weight excluding hydrogens is 304 g/mol. The van der Waals surface area contributed by atoms with Crippen LogP contribution in [0, 0.1) is 18.3 Å². The van der Waals surface area contributed by atoms with E-state index in [2.05, 4.69) is 4.72 Å². The first-order valence-corrected chi connectivity index (χ1v) is 8.26. The zero-order valence-electron chi connectivity index (χ0n) is 13.1. The molecule has 0 aliphatic heterocycles. The lowest BCUT2D eigenvalue weighted by Crippen LogP contribution is -2.29. The van der Waals surface area contributed by atoms with Crippen LogP contribution in [0.15, 0.2) is 23.1 Å². The molecule has 0 aliphatic carbocycles. The van der Waals surface area contributed by atoms with Gasteiger partial charge in [0.1, 0.15) is 5.60 Å². The van der Waals surface area contributed by atoms with Crippen LogP contribution in [0.5, 0.6) is 0 Å². The Morgan fingerprint density at radius 2 is 2.00 bits per heavy atom. The van der Waals surface area contributed by atoms with E-state index in [1.54, 1.807) is 27.7 Å². The molecule has 0 saturated carbocycles. The first kappa shape index (κ1) is 18.1. The SMILES string of the molecule is Cc1cc(S(=O)(=O)NCCC(=O)OC(C)(C)C)ccc1C#N. The van der Waals surface area contributed by atoms with E-state index in [1.807, 2.05) is 6.07 Å². The van der Waals surface area contributed by atoms with Gasteiger partial charge in [0.15, 0.2) is 0 Å². The standard InChI is InChI=1S/C15H20N2O4S/c1-11-9-13(6-5-12(11)10-16)22(19,20)17-8-7-14(18)21-15(2,3)4/h5-6,9,17H,7-8H2,1-4H3. The number of rotatable bonds is 5. The highest BCUT2D eigenvalue weighted by Crippen LogP contribution is 2.15. The Balaban J connectivity index is 2.67. The minimum atomic E-state index is -3.71. The van der Waals surface area contributed by atoms with Crippen LogP contribution in [0.3, 0.4) is 0 Å². The zero-order chi connectivity index (χ0) is 17.0. The van der Waals surface area contributed by atoms with Crippen molar-refractivity contribution in [2.24, 2.45) is 0 Å². The maximum atomic E-state index is 12.1. The molecule has 1 aromatic carbocycles. The minimum absolute atomic E-state index is 0.0453. The maximum absolute atomic E-state index is 12.1. The van der Waals surface area contributed by atoms with E-state index >= 15 is 0 Å². The van der Waals surface area contributed by atoms with E-state index in [0.29, 0.717) is 11.1 Å². The summed E-state index contributed by atoms with van der Waals surface area (Å²) in [6.07, 6.45) is -0.0498. The number of nitriles is 1. The number of hydrogen-bond acceptors (Lipinski definition) is 5. The highest BCUT2D eigenvalue weighted by molar-refractivity contribution is 7.89. The molecule has 1 aromatic rings. The number of nitrogens with one attached hydrogen (secondary N) is 1. The van der Waals surface area contributed by atoms with Crippen LogP contribution in [0.25, 0.3) is 0 Å². The number of ether oxygens (including phenoxy) is 1. The smallest absolute Gasteiger partial charge is 0.307 e. The normalized spacial score (nSPS) is 11.8. The zero-order valence-corrected chi connectivity index (χ0v) is 14.0. The van der Waals surface area contributed by atoms with Crippen molar-refractivity contribution in [2.75, 3.05) is 6.54 Å². The van der Waals surface area contributed by atoms with Crippen molar-refractivity contribution >= 4 is 16.0 Å². The van der Waals surface area contributed by atoms with E-state index in [4.69, 9.17) is 10.00 Å². The second kappa shape index (κ2) is 6.90. The van der Waals surface area contributed by atoms with Gasteiger partial charge < -0.3 is 4.74 Å². The highest BCUT2D eigenvalue weighted by atomic mass is 32.2. The summed E-state index contributed by atoms with van der Waals surface area (Å²) in [5, 5.41) is 8.84. The summed E-state index contributed by atoms with van der Waals surface area (Å²) < 4.78 is 31.7. The number of aryl methyl sites for hydroxylation is 1. The molecule has 0 aromatic heterocycles. The van der Waals surface area contributed by atoms with Crippen molar-refractivity contribution in [3.63, 3.8) is 0 Å².